The van der Waals surface area contributed by atoms with E-state index in [1.807, 2.05) is 67.6 Å². The summed E-state index contributed by atoms with van der Waals surface area (Å²) in [7, 11) is 0. The van der Waals surface area contributed by atoms with Crippen LogP contribution in [0.15, 0.2) is 65.1 Å². The second-order valence-electron chi connectivity index (χ2n) is 6.23. The Morgan fingerprint density at radius 3 is 2.08 bits per heavy atom. The first-order valence-corrected chi connectivity index (χ1v) is 8.50. The van der Waals surface area contributed by atoms with E-state index in [2.05, 4.69) is 11.4 Å². The summed E-state index contributed by atoms with van der Waals surface area (Å²) in [6, 6.07) is 22.0. The summed E-state index contributed by atoms with van der Waals surface area (Å²) in [6.45, 7) is 3.59. The predicted molar refractivity (Wildman–Crippen MR) is 101 cm³/mol. The lowest BCUT2D eigenvalue weighted by Gasteiger charge is -2.17. The molecule has 1 N–H and O–H groups in total. The third-order valence-electron chi connectivity index (χ3n) is 4.54. The van der Waals surface area contributed by atoms with Crippen molar-refractivity contribution in [1.82, 2.24) is 0 Å². The van der Waals surface area contributed by atoms with Gasteiger partial charge in [-0.3, -0.25) is 10.1 Å². The maximum atomic E-state index is 12.7. The maximum absolute atomic E-state index is 12.7. The third kappa shape index (κ3) is 3.68. The van der Waals surface area contributed by atoms with Gasteiger partial charge in [-0.25, -0.2) is 0 Å². The van der Waals surface area contributed by atoms with Gasteiger partial charge in [-0.15, -0.1) is 0 Å². The highest BCUT2D eigenvalue weighted by atomic mass is 16.4. The Kier molecular flexibility index (Phi) is 5.19. The van der Waals surface area contributed by atoms with E-state index in [1.54, 1.807) is 6.92 Å². The van der Waals surface area contributed by atoms with E-state index in [0.29, 0.717) is 11.3 Å². The van der Waals surface area contributed by atoms with Crippen molar-refractivity contribution < 1.29 is 9.21 Å². The van der Waals surface area contributed by atoms with E-state index in [9.17, 15) is 10.1 Å². The maximum Gasteiger partial charge on any atom is 0.227 e. The number of benzene rings is 2. The van der Waals surface area contributed by atoms with Crippen LogP contribution >= 0.6 is 0 Å². The van der Waals surface area contributed by atoms with Gasteiger partial charge in [-0.2, -0.15) is 5.26 Å². The van der Waals surface area contributed by atoms with E-state index in [4.69, 9.17) is 4.42 Å². The van der Waals surface area contributed by atoms with Gasteiger partial charge in [0.2, 0.25) is 11.8 Å². The number of carbonyl (C=O) groups excluding carboxylic acids is 1. The van der Waals surface area contributed by atoms with Crippen molar-refractivity contribution >= 4 is 11.8 Å². The topological polar surface area (TPSA) is 66.0 Å². The van der Waals surface area contributed by atoms with Gasteiger partial charge in [-0.1, -0.05) is 60.7 Å². The molecule has 1 amide bonds. The molecule has 0 unspecified atom stereocenters. The van der Waals surface area contributed by atoms with Crippen molar-refractivity contribution in [3.8, 4) is 6.07 Å². The molecule has 0 radical (unpaired) electrons. The molecule has 2 aromatic carbocycles. The molecule has 26 heavy (non-hydrogen) atoms. The molecule has 0 aliphatic heterocycles. The Morgan fingerprint density at radius 1 is 1.04 bits per heavy atom. The van der Waals surface area contributed by atoms with Crippen LogP contribution in [0.2, 0.25) is 0 Å². The smallest absolute Gasteiger partial charge is 0.227 e. The Bertz CT molecular complexity index is 898. The Hall–Kier alpha value is -3.32. The van der Waals surface area contributed by atoms with Gasteiger partial charge in [0.25, 0.3) is 0 Å². The minimum atomic E-state index is -0.187. The number of nitrogens with one attached hydrogen (secondary N) is 1. The van der Waals surface area contributed by atoms with E-state index in [1.165, 1.54) is 0 Å². The number of carbonyl (C=O) groups is 1. The van der Waals surface area contributed by atoms with E-state index < -0.39 is 0 Å². The number of hydrogen-bond donors (Lipinski definition) is 1. The molecule has 3 aromatic rings. The lowest BCUT2D eigenvalue weighted by molar-refractivity contribution is -0.116. The average molecular weight is 344 g/mol. The zero-order valence-corrected chi connectivity index (χ0v) is 14.8. The lowest BCUT2D eigenvalue weighted by atomic mass is 9.88. The van der Waals surface area contributed by atoms with Gasteiger partial charge in [0.15, 0.2) is 0 Å². The molecule has 4 nitrogen and oxygen atoms in total. The minimum Gasteiger partial charge on any atom is -0.444 e. The fraction of sp³-hybridized carbons (Fsp3) is 0.182. The monoisotopic (exact) mass is 344 g/mol. The normalized spacial score (nSPS) is 10.5. The number of rotatable bonds is 5. The van der Waals surface area contributed by atoms with Crippen LogP contribution in [-0.4, -0.2) is 5.91 Å². The zero-order chi connectivity index (χ0) is 18.5. The fourth-order valence-electron chi connectivity index (χ4n) is 3.01. The fourth-order valence-corrected chi connectivity index (χ4v) is 3.01. The van der Waals surface area contributed by atoms with E-state index in [-0.39, 0.29) is 24.1 Å². The number of amides is 1. The molecule has 0 saturated carbocycles. The molecule has 1 aromatic heterocycles. The summed E-state index contributed by atoms with van der Waals surface area (Å²) < 4.78 is 5.55. The average Bonchev–Trinajstić information content (AvgIpc) is 2.94. The van der Waals surface area contributed by atoms with Crippen molar-refractivity contribution in [1.29, 1.82) is 5.26 Å². The van der Waals surface area contributed by atoms with Gasteiger partial charge >= 0.3 is 0 Å². The summed E-state index contributed by atoms with van der Waals surface area (Å²) in [5.41, 5.74) is 3.28. The van der Waals surface area contributed by atoms with Crippen LogP contribution < -0.4 is 5.32 Å². The van der Waals surface area contributed by atoms with Crippen LogP contribution in [0.25, 0.3) is 0 Å². The number of nitriles is 1. The Balaban J connectivity index is 1.85. The molecule has 0 atom stereocenters. The van der Waals surface area contributed by atoms with Crippen LogP contribution in [0.4, 0.5) is 5.88 Å². The Labute approximate surface area is 153 Å². The first-order chi connectivity index (χ1) is 12.6. The zero-order valence-electron chi connectivity index (χ0n) is 14.8. The van der Waals surface area contributed by atoms with Crippen LogP contribution in [0.1, 0.15) is 40.4 Å². The molecule has 4 heteroatoms. The number of hydrogen-bond acceptors (Lipinski definition) is 3. The second-order valence-corrected chi connectivity index (χ2v) is 6.23. The molecule has 0 spiro atoms. The van der Waals surface area contributed by atoms with Crippen molar-refractivity contribution in [3.05, 3.63) is 88.7 Å². The van der Waals surface area contributed by atoms with Crippen molar-refractivity contribution in [2.75, 3.05) is 5.32 Å². The minimum absolute atomic E-state index is 0.0694. The second kappa shape index (κ2) is 7.71. The van der Waals surface area contributed by atoms with Crippen molar-refractivity contribution in [3.63, 3.8) is 0 Å². The van der Waals surface area contributed by atoms with Crippen LogP contribution in [0.5, 0.6) is 0 Å². The molecule has 0 aliphatic carbocycles. The number of anilines is 1. The third-order valence-corrected chi connectivity index (χ3v) is 4.54. The van der Waals surface area contributed by atoms with Crippen molar-refractivity contribution in [2.45, 2.75) is 26.2 Å². The number of nitrogens with zero attached hydrogens (tertiary/aromatic N) is 1. The van der Waals surface area contributed by atoms with Crippen LogP contribution in [0, 0.1) is 25.2 Å². The van der Waals surface area contributed by atoms with Crippen molar-refractivity contribution in [2.24, 2.45) is 0 Å². The molecule has 0 aliphatic rings. The van der Waals surface area contributed by atoms with Gasteiger partial charge in [0.1, 0.15) is 17.4 Å². The molecular formula is C22H20N2O2. The quantitative estimate of drug-likeness (QED) is 0.714. The molecule has 0 bridgehead atoms. The van der Waals surface area contributed by atoms with Crippen LogP contribution in [0.3, 0.4) is 0 Å². The van der Waals surface area contributed by atoms with Crippen LogP contribution in [-0.2, 0) is 4.79 Å². The van der Waals surface area contributed by atoms with Gasteiger partial charge < -0.3 is 4.42 Å². The standard InChI is InChI=1S/C22H20N2O2/c1-15-16(2)26-22(20(15)14-23)24-21(25)13-19(17-9-5-3-6-10-17)18-11-7-4-8-12-18/h3-12,19H,13H2,1-2H3,(H,24,25). The Morgan fingerprint density at radius 2 is 1.58 bits per heavy atom. The highest BCUT2D eigenvalue weighted by Crippen LogP contribution is 2.30. The van der Waals surface area contributed by atoms with E-state index >= 15 is 0 Å². The molecular weight excluding hydrogens is 324 g/mol. The summed E-state index contributed by atoms with van der Waals surface area (Å²) in [6.07, 6.45) is 0.262. The summed E-state index contributed by atoms with van der Waals surface area (Å²) in [4.78, 5) is 12.7. The van der Waals surface area contributed by atoms with Gasteiger partial charge in [0, 0.05) is 17.9 Å². The molecule has 0 fully saturated rings. The van der Waals surface area contributed by atoms with Gasteiger partial charge in [-0.05, 0) is 25.0 Å². The first kappa shape index (κ1) is 17.5. The highest BCUT2D eigenvalue weighted by molar-refractivity contribution is 5.91. The highest BCUT2D eigenvalue weighted by Gasteiger charge is 2.21. The summed E-state index contributed by atoms with van der Waals surface area (Å²) >= 11 is 0. The number of furan rings is 1. The number of aryl methyl sites for hydroxylation is 1. The van der Waals surface area contributed by atoms with Gasteiger partial charge in [0.05, 0.1) is 0 Å². The predicted octanol–water partition coefficient (Wildman–Crippen LogP) is 4.93. The summed E-state index contributed by atoms with van der Waals surface area (Å²) in [5.74, 6) is 0.611. The molecule has 0 saturated heterocycles. The lowest BCUT2D eigenvalue weighted by Crippen LogP contribution is -2.16. The SMILES string of the molecule is Cc1oc(NC(=O)CC(c2ccccc2)c2ccccc2)c(C#N)c1C. The molecule has 1 heterocycles. The summed E-state index contributed by atoms with van der Waals surface area (Å²) in [5, 5.41) is 12.1. The largest absolute Gasteiger partial charge is 0.444 e. The first-order valence-electron chi connectivity index (χ1n) is 8.50. The van der Waals surface area contributed by atoms with E-state index in [0.717, 1.165) is 16.7 Å². The molecule has 130 valence electrons. The molecule has 3 rings (SSSR count).